The van der Waals surface area contributed by atoms with Gasteiger partial charge >= 0.3 is 0 Å². The standard InChI is InChI=1S/C12H20O/c1-5-7-8-12(13-4)10-9-11(3)6-2/h6,8-10H,5,7H2,1-4H3. The van der Waals surface area contributed by atoms with E-state index >= 15 is 0 Å². The predicted molar refractivity (Wildman–Crippen MR) is 58.6 cm³/mol. The summed E-state index contributed by atoms with van der Waals surface area (Å²) >= 11 is 0. The van der Waals surface area contributed by atoms with Crippen LogP contribution in [0.5, 0.6) is 0 Å². The summed E-state index contributed by atoms with van der Waals surface area (Å²) in [7, 11) is 1.71. The van der Waals surface area contributed by atoms with Crippen LogP contribution in [-0.4, -0.2) is 7.11 Å². The fraction of sp³-hybridized carbons (Fsp3) is 0.500. The van der Waals surface area contributed by atoms with Gasteiger partial charge in [-0.25, -0.2) is 0 Å². The van der Waals surface area contributed by atoms with E-state index in [0.717, 1.165) is 18.6 Å². The Morgan fingerprint density at radius 1 is 1.31 bits per heavy atom. The Labute approximate surface area is 81.8 Å². The maximum atomic E-state index is 5.19. The molecule has 74 valence electrons. The summed E-state index contributed by atoms with van der Waals surface area (Å²) in [6, 6.07) is 0. The third-order valence-electron chi connectivity index (χ3n) is 1.84. The van der Waals surface area contributed by atoms with Crippen LogP contribution >= 0.6 is 0 Å². The molecular formula is C12H20O. The monoisotopic (exact) mass is 180 g/mol. The number of methoxy groups -OCH3 is 1. The quantitative estimate of drug-likeness (QED) is 0.461. The van der Waals surface area contributed by atoms with Crippen molar-refractivity contribution in [2.75, 3.05) is 7.11 Å². The van der Waals surface area contributed by atoms with Crippen molar-refractivity contribution in [2.24, 2.45) is 0 Å². The molecule has 0 N–H and O–H groups in total. The highest BCUT2D eigenvalue weighted by molar-refractivity contribution is 5.22. The fourth-order valence-corrected chi connectivity index (χ4v) is 0.816. The molecular weight excluding hydrogens is 160 g/mol. The molecule has 0 aromatic carbocycles. The second kappa shape index (κ2) is 7.66. The molecule has 0 aliphatic carbocycles. The molecule has 0 rings (SSSR count). The zero-order valence-electron chi connectivity index (χ0n) is 9.13. The summed E-state index contributed by atoms with van der Waals surface area (Å²) in [5.74, 6) is 0.947. The molecule has 13 heavy (non-hydrogen) atoms. The first-order chi connectivity index (χ1) is 6.24. The van der Waals surface area contributed by atoms with Crippen molar-refractivity contribution in [3.63, 3.8) is 0 Å². The minimum atomic E-state index is 0.947. The van der Waals surface area contributed by atoms with Crippen LogP contribution in [0.3, 0.4) is 0 Å². The topological polar surface area (TPSA) is 9.23 Å². The summed E-state index contributed by atoms with van der Waals surface area (Å²) in [5, 5.41) is 0. The number of hydrogen-bond acceptors (Lipinski definition) is 1. The molecule has 0 spiro atoms. The van der Waals surface area contributed by atoms with Crippen LogP contribution in [0.1, 0.15) is 33.6 Å². The summed E-state index contributed by atoms with van der Waals surface area (Å²) in [5.41, 5.74) is 1.25. The smallest absolute Gasteiger partial charge is 0.114 e. The van der Waals surface area contributed by atoms with E-state index in [9.17, 15) is 0 Å². The second-order valence-corrected chi connectivity index (χ2v) is 2.97. The van der Waals surface area contributed by atoms with Gasteiger partial charge in [-0.2, -0.15) is 0 Å². The van der Waals surface area contributed by atoms with Crippen LogP contribution in [0, 0.1) is 0 Å². The Kier molecular flexibility index (Phi) is 7.08. The number of hydrogen-bond donors (Lipinski definition) is 0. The van der Waals surface area contributed by atoms with Gasteiger partial charge in [0.15, 0.2) is 0 Å². The molecule has 0 atom stereocenters. The molecule has 0 aliphatic heterocycles. The first-order valence-electron chi connectivity index (χ1n) is 4.79. The Morgan fingerprint density at radius 3 is 2.46 bits per heavy atom. The largest absolute Gasteiger partial charge is 0.497 e. The zero-order chi connectivity index (χ0) is 10.1. The van der Waals surface area contributed by atoms with Crippen molar-refractivity contribution in [3.05, 3.63) is 35.6 Å². The van der Waals surface area contributed by atoms with E-state index in [2.05, 4.69) is 32.1 Å². The van der Waals surface area contributed by atoms with Crippen molar-refractivity contribution in [3.8, 4) is 0 Å². The summed E-state index contributed by atoms with van der Waals surface area (Å²) in [6.45, 7) is 6.26. The molecule has 0 aliphatic rings. The molecule has 0 bridgehead atoms. The fourth-order valence-electron chi connectivity index (χ4n) is 0.816. The van der Waals surface area contributed by atoms with Gasteiger partial charge in [0, 0.05) is 0 Å². The third-order valence-corrected chi connectivity index (χ3v) is 1.84. The number of rotatable bonds is 5. The van der Waals surface area contributed by atoms with Crippen LogP contribution in [0.2, 0.25) is 0 Å². The van der Waals surface area contributed by atoms with E-state index in [1.807, 2.05) is 13.0 Å². The van der Waals surface area contributed by atoms with Crippen molar-refractivity contribution >= 4 is 0 Å². The zero-order valence-corrected chi connectivity index (χ0v) is 9.13. The van der Waals surface area contributed by atoms with Crippen LogP contribution in [0.4, 0.5) is 0 Å². The van der Waals surface area contributed by atoms with E-state index in [4.69, 9.17) is 4.74 Å². The molecule has 0 fully saturated rings. The predicted octanol–water partition coefficient (Wildman–Crippen LogP) is 3.84. The Balaban J connectivity index is 4.19. The highest BCUT2D eigenvalue weighted by Gasteiger charge is 1.87. The first-order valence-corrected chi connectivity index (χ1v) is 4.79. The Bertz CT molecular complexity index is 209. The lowest BCUT2D eigenvalue weighted by atomic mass is 10.2. The van der Waals surface area contributed by atoms with Gasteiger partial charge in [0.2, 0.25) is 0 Å². The average molecular weight is 180 g/mol. The van der Waals surface area contributed by atoms with E-state index < -0.39 is 0 Å². The van der Waals surface area contributed by atoms with Crippen LogP contribution < -0.4 is 0 Å². The number of ether oxygens (including phenoxy) is 1. The van der Waals surface area contributed by atoms with Crippen molar-refractivity contribution in [2.45, 2.75) is 33.6 Å². The molecule has 0 heterocycles. The van der Waals surface area contributed by atoms with Crippen molar-refractivity contribution in [1.29, 1.82) is 0 Å². The maximum Gasteiger partial charge on any atom is 0.114 e. The van der Waals surface area contributed by atoms with E-state index in [1.165, 1.54) is 5.57 Å². The molecule has 0 radical (unpaired) electrons. The molecule has 1 heteroatoms. The SMILES string of the molecule is CC=C(C)C=CC(=CCCC)OC. The highest BCUT2D eigenvalue weighted by Crippen LogP contribution is 2.04. The van der Waals surface area contributed by atoms with Crippen molar-refractivity contribution in [1.82, 2.24) is 0 Å². The van der Waals surface area contributed by atoms with Gasteiger partial charge in [-0.05, 0) is 32.4 Å². The van der Waals surface area contributed by atoms with Gasteiger partial charge in [0.05, 0.1) is 7.11 Å². The lowest BCUT2D eigenvalue weighted by molar-refractivity contribution is 0.305. The van der Waals surface area contributed by atoms with E-state index in [1.54, 1.807) is 7.11 Å². The molecule has 0 saturated heterocycles. The molecule has 0 amide bonds. The minimum Gasteiger partial charge on any atom is -0.497 e. The lowest BCUT2D eigenvalue weighted by Crippen LogP contribution is -1.82. The minimum absolute atomic E-state index is 0.947. The van der Waals surface area contributed by atoms with Gasteiger partial charge in [0.25, 0.3) is 0 Å². The highest BCUT2D eigenvalue weighted by atomic mass is 16.5. The Hall–Kier alpha value is -0.980. The van der Waals surface area contributed by atoms with Crippen LogP contribution in [-0.2, 0) is 4.74 Å². The van der Waals surface area contributed by atoms with Crippen molar-refractivity contribution < 1.29 is 4.74 Å². The van der Waals surface area contributed by atoms with Gasteiger partial charge in [-0.15, -0.1) is 0 Å². The van der Waals surface area contributed by atoms with Crippen LogP contribution in [0.25, 0.3) is 0 Å². The summed E-state index contributed by atoms with van der Waals surface area (Å²) in [6.07, 6.45) is 10.5. The van der Waals surface area contributed by atoms with Gasteiger partial charge in [0.1, 0.15) is 5.76 Å². The second-order valence-electron chi connectivity index (χ2n) is 2.97. The van der Waals surface area contributed by atoms with Gasteiger partial charge < -0.3 is 4.74 Å². The average Bonchev–Trinajstić information content (AvgIpc) is 2.17. The Morgan fingerprint density at radius 2 is 2.00 bits per heavy atom. The normalized spacial score (nSPS) is 13.8. The lowest BCUT2D eigenvalue weighted by Gasteiger charge is -1.99. The van der Waals surface area contributed by atoms with Gasteiger partial charge in [-0.1, -0.05) is 31.1 Å². The number of unbranched alkanes of at least 4 members (excludes halogenated alkanes) is 1. The van der Waals surface area contributed by atoms with Crippen LogP contribution in [0.15, 0.2) is 35.6 Å². The summed E-state index contributed by atoms with van der Waals surface area (Å²) < 4.78 is 5.19. The van der Waals surface area contributed by atoms with E-state index in [0.29, 0.717) is 0 Å². The molecule has 1 nitrogen and oxygen atoms in total. The maximum absolute atomic E-state index is 5.19. The van der Waals surface area contributed by atoms with Gasteiger partial charge in [-0.3, -0.25) is 0 Å². The molecule has 0 aromatic heterocycles. The third kappa shape index (κ3) is 6.21. The molecule has 0 saturated carbocycles. The summed E-state index contributed by atoms with van der Waals surface area (Å²) in [4.78, 5) is 0. The molecule has 0 unspecified atom stereocenters. The van der Waals surface area contributed by atoms with E-state index in [-0.39, 0.29) is 0 Å². The molecule has 0 aromatic rings. The number of allylic oxidation sites excluding steroid dienone is 5. The first kappa shape index (κ1) is 12.0.